The number of hydrogen-bond acceptors (Lipinski definition) is 5. The third-order valence-electron chi connectivity index (χ3n) is 4.71. The van der Waals surface area contributed by atoms with Gasteiger partial charge in [-0.05, 0) is 63.6 Å². The Morgan fingerprint density at radius 1 is 1.24 bits per heavy atom. The van der Waals surface area contributed by atoms with Gasteiger partial charge in [0.05, 0.1) is 10.4 Å². The number of aromatic nitrogens is 2. The summed E-state index contributed by atoms with van der Waals surface area (Å²) in [6.45, 7) is 13.0. The van der Waals surface area contributed by atoms with Gasteiger partial charge >= 0.3 is 6.09 Å². The summed E-state index contributed by atoms with van der Waals surface area (Å²) in [5.74, 6) is 1.22. The van der Waals surface area contributed by atoms with Crippen LogP contribution in [0, 0.1) is 6.92 Å². The van der Waals surface area contributed by atoms with Gasteiger partial charge in [-0.2, -0.15) is 0 Å². The van der Waals surface area contributed by atoms with Gasteiger partial charge in [-0.15, -0.1) is 0 Å². The van der Waals surface area contributed by atoms with Crippen LogP contribution in [0.4, 0.5) is 10.5 Å². The number of ether oxygens (including phenoxy) is 3. The highest BCUT2D eigenvalue weighted by atomic mass is 35.5. The van der Waals surface area contributed by atoms with Crippen molar-refractivity contribution in [2.45, 2.75) is 59.2 Å². The number of benzene rings is 1. The summed E-state index contributed by atoms with van der Waals surface area (Å²) in [7, 11) is -0.314. The SMILES string of the molecule is Cc1cc(Oc2ccnc3c2c(Cl)cn3COCC[Si](C)C)ccc1NC(=O)OC(C)(C)C. The molecule has 1 N–H and O–H groups in total. The topological polar surface area (TPSA) is 74.6 Å². The molecule has 7 nitrogen and oxygen atoms in total. The van der Waals surface area contributed by atoms with E-state index in [9.17, 15) is 4.79 Å². The molecule has 0 bridgehead atoms. The minimum Gasteiger partial charge on any atom is -0.456 e. The van der Waals surface area contributed by atoms with E-state index in [2.05, 4.69) is 23.4 Å². The normalized spacial score (nSPS) is 11.8. The summed E-state index contributed by atoms with van der Waals surface area (Å²) in [4.78, 5) is 16.5. The maximum absolute atomic E-state index is 12.1. The Hall–Kier alpha value is -2.55. The average Bonchev–Trinajstić information content (AvgIpc) is 3.02. The zero-order valence-electron chi connectivity index (χ0n) is 20.0. The summed E-state index contributed by atoms with van der Waals surface area (Å²) in [6.07, 6.45) is 3.00. The highest BCUT2D eigenvalue weighted by Gasteiger charge is 2.18. The predicted molar refractivity (Wildman–Crippen MR) is 134 cm³/mol. The Morgan fingerprint density at radius 3 is 2.67 bits per heavy atom. The number of carbonyl (C=O) groups is 1. The van der Waals surface area contributed by atoms with E-state index < -0.39 is 11.7 Å². The number of amides is 1. The van der Waals surface area contributed by atoms with Gasteiger partial charge in [0.2, 0.25) is 0 Å². The van der Waals surface area contributed by atoms with Crippen molar-refractivity contribution in [1.29, 1.82) is 0 Å². The third kappa shape index (κ3) is 6.96. The van der Waals surface area contributed by atoms with Crippen molar-refractivity contribution in [1.82, 2.24) is 9.55 Å². The zero-order valence-corrected chi connectivity index (χ0v) is 21.7. The number of nitrogens with zero attached hydrogens (tertiary/aromatic N) is 2. The Balaban J connectivity index is 1.75. The van der Waals surface area contributed by atoms with E-state index in [4.69, 9.17) is 25.8 Å². The number of carbonyl (C=O) groups excluding carboxylic acids is 1. The number of rotatable bonds is 8. The molecule has 9 heteroatoms. The van der Waals surface area contributed by atoms with E-state index >= 15 is 0 Å². The lowest BCUT2D eigenvalue weighted by atomic mass is 10.2. The fourth-order valence-corrected chi connectivity index (χ4v) is 3.99. The number of pyridine rings is 1. The van der Waals surface area contributed by atoms with Crippen LogP contribution in [0.5, 0.6) is 11.5 Å². The minimum absolute atomic E-state index is 0.314. The highest BCUT2D eigenvalue weighted by molar-refractivity contribution is 6.55. The van der Waals surface area contributed by atoms with Crippen LogP contribution in [-0.2, 0) is 16.2 Å². The predicted octanol–water partition coefficient (Wildman–Crippen LogP) is 6.87. The summed E-state index contributed by atoms with van der Waals surface area (Å²) in [5, 5.41) is 4.05. The van der Waals surface area contributed by atoms with Gasteiger partial charge in [-0.1, -0.05) is 24.7 Å². The molecule has 3 rings (SSSR count). The number of nitrogens with one attached hydrogen (secondary N) is 1. The van der Waals surface area contributed by atoms with Crippen LogP contribution in [0.3, 0.4) is 0 Å². The maximum Gasteiger partial charge on any atom is 0.412 e. The number of fused-ring (bicyclic) bond motifs is 1. The maximum atomic E-state index is 12.1. The van der Waals surface area contributed by atoms with Crippen molar-refractivity contribution in [3.8, 4) is 11.5 Å². The summed E-state index contributed by atoms with van der Waals surface area (Å²) in [5.41, 5.74) is 1.63. The van der Waals surface area contributed by atoms with Gasteiger partial charge in [0.1, 0.15) is 29.5 Å². The molecule has 0 spiro atoms. The van der Waals surface area contributed by atoms with Crippen molar-refractivity contribution in [3.05, 3.63) is 47.2 Å². The molecule has 1 amide bonds. The zero-order chi connectivity index (χ0) is 24.2. The summed E-state index contributed by atoms with van der Waals surface area (Å²) < 4.78 is 19.2. The molecule has 177 valence electrons. The van der Waals surface area contributed by atoms with Crippen LogP contribution < -0.4 is 10.1 Å². The summed E-state index contributed by atoms with van der Waals surface area (Å²) >= 11 is 6.53. The molecule has 1 radical (unpaired) electrons. The van der Waals surface area contributed by atoms with Gasteiger partial charge in [0, 0.05) is 33.5 Å². The van der Waals surface area contributed by atoms with Crippen molar-refractivity contribution in [2.75, 3.05) is 11.9 Å². The molecule has 0 unspecified atom stereocenters. The van der Waals surface area contributed by atoms with Crippen molar-refractivity contribution >= 4 is 43.2 Å². The number of anilines is 1. The van der Waals surface area contributed by atoms with E-state index in [0.717, 1.165) is 23.6 Å². The second-order valence-corrected chi connectivity index (χ2v) is 12.5. The molecule has 2 heterocycles. The first-order valence-corrected chi connectivity index (χ1v) is 13.9. The fraction of sp³-hybridized carbons (Fsp3) is 0.417. The van der Waals surface area contributed by atoms with E-state index in [0.29, 0.717) is 34.6 Å². The molecule has 2 aromatic heterocycles. The second kappa shape index (κ2) is 10.6. The quantitative estimate of drug-likeness (QED) is 0.276. The molecule has 0 atom stereocenters. The van der Waals surface area contributed by atoms with Crippen LogP contribution in [0.2, 0.25) is 24.2 Å². The molecule has 3 aromatic rings. The Morgan fingerprint density at radius 2 is 2.00 bits per heavy atom. The average molecular weight is 489 g/mol. The fourth-order valence-electron chi connectivity index (χ4n) is 3.14. The number of hydrogen-bond donors (Lipinski definition) is 1. The lowest BCUT2D eigenvalue weighted by Gasteiger charge is -2.20. The molecule has 0 aliphatic heterocycles. The largest absolute Gasteiger partial charge is 0.456 e. The first-order valence-electron chi connectivity index (χ1n) is 10.8. The molecule has 0 saturated carbocycles. The van der Waals surface area contributed by atoms with Gasteiger partial charge < -0.3 is 18.8 Å². The Labute approximate surface area is 201 Å². The molecule has 0 aliphatic rings. The van der Waals surface area contributed by atoms with Gasteiger partial charge in [0.25, 0.3) is 0 Å². The van der Waals surface area contributed by atoms with Crippen LogP contribution in [0.15, 0.2) is 36.7 Å². The van der Waals surface area contributed by atoms with E-state index in [1.54, 1.807) is 24.4 Å². The molecule has 1 aromatic carbocycles. The Bertz CT molecular complexity index is 1120. The number of aryl methyl sites for hydroxylation is 1. The standard InChI is InChI=1S/C24H31ClN3O4Si/c1-16-13-17(7-8-19(16)27-23(29)32-24(2,3)4)31-20-9-10-26-22-21(20)18(25)14-28(22)15-30-11-12-33(5)6/h7-10,13-14H,11-12,15H2,1-6H3,(H,27,29). The van der Waals surface area contributed by atoms with Crippen LogP contribution in [0.25, 0.3) is 11.0 Å². The summed E-state index contributed by atoms with van der Waals surface area (Å²) in [6, 6.07) is 8.29. The van der Waals surface area contributed by atoms with E-state index in [-0.39, 0.29) is 8.80 Å². The van der Waals surface area contributed by atoms with Gasteiger partial charge in [0.15, 0.2) is 0 Å². The molecule has 0 fully saturated rings. The lowest BCUT2D eigenvalue weighted by Crippen LogP contribution is -2.27. The monoisotopic (exact) mass is 488 g/mol. The van der Waals surface area contributed by atoms with Crippen molar-refractivity contribution in [2.24, 2.45) is 0 Å². The number of halogens is 1. The highest BCUT2D eigenvalue weighted by Crippen LogP contribution is 2.36. The smallest absolute Gasteiger partial charge is 0.412 e. The van der Waals surface area contributed by atoms with E-state index in [1.807, 2.05) is 44.5 Å². The van der Waals surface area contributed by atoms with Crippen molar-refractivity contribution in [3.63, 3.8) is 0 Å². The first-order chi connectivity index (χ1) is 15.5. The van der Waals surface area contributed by atoms with Crippen LogP contribution in [-0.4, -0.2) is 36.6 Å². The van der Waals surface area contributed by atoms with Crippen LogP contribution >= 0.6 is 11.6 Å². The minimum atomic E-state index is -0.565. The van der Waals surface area contributed by atoms with Gasteiger partial charge in [-0.25, -0.2) is 9.78 Å². The molecule has 0 saturated heterocycles. The Kier molecular flexibility index (Phi) is 8.04. The van der Waals surface area contributed by atoms with Gasteiger partial charge in [-0.3, -0.25) is 5.32 Å². The van der Waals surface area contributed by atoms with Crippen molar-refractivity contribution < 1.29 is 19.0 Å². The third-order valence-corrected chi connectivity index (χ3v) is 6.20. The molecular formula is C24H31ClN3O4Si. The van der Waals surface area contributed by atoms with E-state index in [1.165, 1.54) is 0 Å². The molecular weight excluding hydrogens is 458 g/mol. The lowest BCUT2D eigenvalue weighted by molar-refractivity contribution is 0.0635. The van der Waals surface area contributed by atoms with Crippen LogP contribution in [0.1, 0.15) is 26.3 Å². The first kappa shape index (κ1) is 25.1. The molecule has 33 heavy (non-hydrogen) atoms. The second-order valence-electron chi connectivity index (χ2n) is 9.15. The molecule has 0 aliphatic carbocycles.